The van der Waals surface area contributed by atoms with Crippen LogP contribution in [0.4, 0.5) is 5.69 Å². The fraction of sp³-hybridized carbons (Fsp3) is 0.615. The maximum atomic E-state index is 11.7. The number of rotatable bonds is 4. The van der Waals surface area contributed by atoms with Gasteiger partial charge in [0.05, 0.1) is 11.1 Å². The lowest BCUT2D eigenvalue weighted by Gasteiger charge is -2.28. The van der Waals surface area contributed by atoms with Gasteiger partial charge < -0.3 is 10.4 Å². The number of nitrogens with zero attached hydrogens (tertiary/aromatic N) is 2. The summed E-state index contributed by atoms with van der Waals surface area (Å²) in [6.45, 7) is 0.323. The van der Waals surface area contributed by atoms with Crippen LogP contribution < -0.4 is 5.32 Å². The van der Waals surface area contributed by atoms with E-state index in [2.05, 4.69) is 15.5 Å². The quantitative estimate of drug-likeness (QED) is 0.829. The number of aromatic nitrogens is 2. The van der Waals surface area contributed by atoms with Gasteiger partial charge in [-0.2, -0.15) is 0 Å². The van der Waals surface area contributed by atoms with Gasteiger partial charge in [0, 0.05) is 12.6 Å². The molecule has 5 nitrogen and oxygen atoms in total. The molecule has 1 fully saturated rings. The molecule has 7 heteroatoms. The first-order valence-corrected chi connectivity index (χ1v) is 7.45. The van der Waals surface area contributed by atoms with Gasteiger partial charge in [0.1, 0.15) is 0 Å². The number of hydrogen-bond acceptors (Lipinski definition) is 4. The first kappa shape index (κ1) is 15.3. The second kappa shape index (κ2) is 6.59. The van der Waals surface area contributed by atoms with Gasteiger partial charge in [0.25, 0.3) is 0 Å². The molecule has 0 bridgehead atoms. The SMILES string of the molecule is O=C(O)C1(CNc2cc(Cl)nnc2Cl)CCCCCC1. The standard InChI is InChI=1S/C13H17Cl2N3O2/c14-10-7-9(11(15)18-17-10)16-8-13(12(19)20)5-3-1-2-4-6-13/h7H,1-6,8H2,(H,16,17)(H,19,20). The van der Waals surface area contributed by atoms with E-state index in [1.807, 2.05) is 0 Å². The van der Waals surface area contributed by atoms with Gasteiger partial charge in [-0.3, -0.25) is 4.79 Å². The van der Waals surface area contributed by atoms with Gasteiger partial charge in [-0.25, -0.2) is 0 Å². The molecule has 0 spiro atoms. The average molecular weight is 318 g/mol. The Balaban J connectivity index is 2.12. The van der Waals surface area contributed by atoms with E-state index in [0.717, 1.165) is 25.7 Å². The zero-order chi connectivity index (χ0) is 14.6. The van der Waals surface area contributed by atoms with Crippen LogP contribution in [-0.4, -0.2) is 27.8 Å². The molecule has 1 aliphatic carbocycles. The third-order valence-corrected chi connectivity index (χ3v) is 4.31. The molecule has 0 unspecified atom stereocenters. The second-order valence-electron chi connectivity index (χ2n) is 5.22. The highest BCUT2D eigenvalue weighted by molar-refractivity contribution is 6.33. The minimum Gasteiger partial charge on any atom is -0.481 e. The van der Waals surface area contributed by atoms with Gasteiger partial charge in [-0.1, -0.05) is 48.9 Å². The molecular formula is C13H17Cl2N3O2. The van der Waals surface area contributed by atoms with Crippen LogP contribution in [0.1, 0.15) is 38.5 Å². The topological polar surface area (TPSA) is 75.1 Å². The molecule has 1 aromatic heterocycles. The number of carboxylic acid groups (broad SMARTS) is 1. The lowest BCUT2D eigenvalue weighted by atomic mass is 9.80. The number of anilines is 1. The van der Waals surface area contributed by atoms with Crippen LogP contribution in [0.2, 0.25) is 10.3 Å². The van der Waals surface area contributed by atoms with Crippen LogP contribution in [0.25, 0.3) is 0 Å². The summed E-state index contributed by atoms with van der Waals surface area (Å²) in [5, 5.41) is 20.4. The van der Waals surface area contributed by atoms with E-state index >= 15 is 0 Å². The van der Waals surface area contributed by atoms with E-state index in [1.165, 1.54) is 0 Å². The maximum Gasteiger partial charge on any atom is 0.311 e. The summed E-state index contributed by atoms with van der Waals surface area (Å²) in [7, 11) is 0. The molecule has 2 N–H and O–H groups in total. The van der Waals surface area contributed by atoms with E-state index in [9.17, 15) is 9.90 Å². The molecule has 20 heavy (non-hydrogen) atoms. The summed E-state index contributed by atoms with van der Waals surface area (Å²) >= 11 is 11.7. The third kappa shape index (κ3) is 3.52. The van der Waals surface area contributed by atoms with Crippen molar-refractivity contribution >= 4 is 34.9 Å². The molecule has 2 rings (SSSR count). The Labute approximate surface area is 127 Å². The summed E-state index contributed by atoms with van der Waals surface area (Å²) in [5.41, 5.74) is -0.216. The lowest BCUT2D eigenvalue weighted by molar-refractivity contribution is -0.149. The summed E-state index contributed by atoms with van der Waals surface area (Å²) in [6.07, 6.45) is 5.43. The average Bonchev–Trinajstić information content (AvgIpc) is 2.66. The van der Waals surface area contributed by atoms with E-state index in [0.29, 0.717) is 25.1 Å². The van der Waals surface area contributed by atoms with Gasteiger partial charge in [0.15, 0.2) is 10.3 Å². The fourth-order valence-corrected chi connectivity index (χ4v) is 2.92. The fourth-order valence-electron chi connectivity index (χ4n) is 2.61. The smallest absolute Gasteiger partial charge is 0.311 e. The van der Waals surface area contributed by atoms with Crippen LogP contribution in [0.5, 0.6) is 0 Å². The van der Waals surface area contributed by atoms with Crippen molar-refractivity contribution in [1.29, 1.82) is 0 Å². The van der Waals surface area contributed by atoms with Crippen LogP contribution in [0.15, 0.2) is 6.07 Å². The van der Waals surface area contributed by atoms with Crippen molar-refractivity contribution in [2.75, 3.05) is 11.9 Å². The van der Waals surface area contributed by atoms with Crippen LogP contribution in [0, 0.1) is 5.41 Å². The highest BCUT2D eigenvalue weighted by Crippen LogP contribution is 2.36. The van der Waals surface area contributed by atoms with Crippen molar-refractivity contribution < 1.29 is 9.90 Å². The van der Waals surface area contributed by atoms with Gasteiger partial charge in [0.2, 0.25) is 0 Å². The molecule has 1 heterocycles. The Morgan fingerprint density at radius 2 is 1.90 bits per heavy atom. The third-order valence-electron chi connectivity index (χ3n) is 3.85. The summed E-state index contributed by atoms with van der Waals surface area (Å²) < 4.78 is 0. The Morgan fingerprint density at radius 3 is 2.50 bits per heavy atom. The summed E-state index contributed by atoms with van der Waals surface area (Å²) in [5.74, 6) is -0.754. The van der Waals surface area contributed by atoms with Crippen LogP contribution >= 0.6 is 23.2 Å². The molecule has 0 aromatic carbocycles. The normalized spacial score (nSPS) is 18.3. The highest BCUT2D eigenvalue weighted by atomic mass is 35.5. The van der Waals surface area contributed by atoms with Gasteiger partial charge in [-0.05, 0) is 12.8 Å². The first-order chi connectivity index (χ1) is 9.53. The van der Waals surface area contributed by atoms with Crippen molar-refractivity contribution in [1.82, 2.24) is 10.2 Å². The monoisotopic (exact) mass is 317 g/mol. The zero-order valence-corrected chi connectivity index (χ0v) is 12.5. The molecule has 1 saturated carbocycles. The number of carbonyl (C=O) groups is 1. The van der Waals surface area contributed by atoms with Gasteiger partial charge >= 0.3 is 5.97 Å². The van der Waals surface area contributed by atoms with E-state index in [4.69, 9.17) is 23.2 Å². The number of hydrogen-bond donors (Lipinski definition) is 2. The van der Waals surface area contributed by atoms with Crippen molar-refractivity contribution in [2.45, 2.75) is 38.5 Å². The summed E-state index contributed by atoms with van der Waals surface area (Å²) in [4.78, 5) is 11.7. The zero-order valence-electron chi connectivity index (χ0n) is 11.0. The molecule has 0 amide bonds. The van der Waals surface area contributed by atoms with Crippen molar-refractivity contribution in [3.8, 4) is 0 Å². The number of carboxylic acids is 1. The predicted molar refractivity (Wildman–Crippen MR) is 78.3 cm³/mol. The minimum absolute atomic E-state index is 0.198. The molecule has 0 radical (unpaired) electrons. The van der Waals surface area contributed by atoms with Crippen molar-refractivity contribution in [3.63, 3.8) is 0 Å². The summed E-state index contributed by atoms with van der Waals surface area (Å²) in [6, 6.07) is 1.56. The van der Waals surface area contributed by atoms with E-state index in [1.54, 1.807) is 6.07 Å². The van der Waals surface area contributed by atoms with Crippen molar-refractivity contribution in [3.05, 3.63) is 16.4 Å². The second-order valence-corrected chi connectivity index (χ2v) is 5.97. The Kier molecular flexibility index (Phi) is 5.05. The largest absolute Gasteiger partial charge is 0.481 e. The number of nitrogens with one attached hydrogen (secondary N) is 1. The molecule has 1 aromatic rings. The minimum atomic E-state index is -0.754. The maximum absolute atomic E-state index is 11.7. The van der Waals surface area contributed by atoms with Gasteiger partial charge in [-0.15, -0.1) is 10.2 Å². The number of aliphatic carboxylic acids is 1. The molecule has 0 atom stereocenters. The Bertz CT molecular complexity index is 489. The van der Waals surface area contributed by atoms with E-state index < -0.39 is 11.4 Å². The predicted octanol–water partition coefficient (Wildman–Crippen LogP) is 3.62. The first-order valence-electron chi connectivity index (χ1n) is 6.69. The van der Waals surface area contributed by atoms with E-state index in [-0.39, 0.29) is 10.3 Å². The molecule has 0 saturated heterocycles. The molecule has 1 aliphatic rings. The molecule has 0 aliphatic heterocycles. The molecular weight excluding hydrogens is 301 g/mol. The van der Waals surface area contributed by atoms with Crippen LogP contribution in [0.3, 0.4) is 0 Å². The van der Waals surface area contributed by atoms with Crippen molar-refractivity contribution in [2.24, 2.45) is 5.41 Å². The van der Waals surface area contributed by atoms with Crippen LogP contribution in [-0.2, 0) is 4.79 Å². The molecule has 110 valence electrons. The lowest BCUT2D eigenvalue weighted by Crippen LogP contribution is -2.37. The Morgan fingerprint density at radius 1 is 1.25 bits per heavy atom. The number of halogens is 2. The highest BCUT2D eigenvalue weighted by Gasteiger charge is 2.38. The Hall–Kier alpha value is -1.07.